The Morgan fingerprint density at radius 2 is 1.97 bits per heavy atom. The highest BCUT2D eigenvalue weighted by molar-refractivity contribution is 9.10. The van der Waals surface area contributed by atoms with E-state index in [0.29, 0.717) is 33.4 Å². The van der Waals surface area contributed by atoms with E-state index in [0.717, 1.165) is 0 Å². The SMILES string of the molecule is CCOC(=O)C1=C(C)NC2=C(C(=O)[C@H](C(=O)OC)[C@@H](C)C2)[C@H]1c1cc(Br)c(O)c(OC)c1. The molecule has 172 valence electrons. The van der Waals surface area contributed by atoms with Gasteiger partial charge in [-0.2, -0.15) is 0 Å². The molecule has 3 rings (SSSR count). The Labute approximate surface area is 194 Å². The Balaban J connectivity index is 2.26. The summed E-state index contributed by atoms with van der Waals surface area (Å²) in [5, 5.41) is 13.5. The van der Waals surface area contributed by atoms with E-state index in [1.807, 2.05) is 6.92 Å². The second-order valence-corrected chi connectivity index (χ2v) is 8.66. The number of Topliss-reactive ketones (excluding diaryl/α,β-unsaturated/α-hetero) is 1. The summed E-state index contributed by atoms with van der Waals surface area (Å²) in [4.78, 5) is 39.0. The largest absolute Gasteiger partial charge is 0.503 e. The maximum Gasteiger partial charge on any atom is 0.336 e. The lowest BCUT2D eigenvalue weighted by Crippen LogP contribution is -2.43. The fraction of sp³-hybridized carbons (Fsp3) is 0.435. The summed E-state index contributed by atoms with van der Waals surface area (Å²) in [6.45, 7) is 5.43. The lowest BCUT2D eigenvalue weighted by molar-refractivity contribution is -0.151. The summed E-state index contributed by atoms with van der Waals surface area (Å²) >= 11 is 3.31. The van der Waals surface area contributed by atoms with Gasteiger partial charge in [-0.3, -0.25) is 9.59 Å². The number of carbonyl (C=O) groups excluding carboxylic acids is 3. The van der Waals surface area contributed by atoms with E-state index in [1.165, 1.54) is 14.2 Å². The predicted octanol–water partition coefficient (Wildman–Crippen LogP) is 3.34. The topological polar surface area (TPSA) is 111 Å². The van der Waals surface area contributed by atoms with E-state index < -0.39 is 29.6 Å². The molecule has 0 saturated carbocycles. The number of allylic oxidation sites excluding steroid dienone is 3. The van der Waals surface area contributed by atoms with Crippen molar-refractivity contribution >= 4 is 33.7 Å². The van der Waals surface area contributed by atoms with Gasteiger partial charge in [0.2, 0.25) is 0 Å². The van der Waals surface area contributed by atoms with Crippen LogP contribution >= 0.6 is 15.9 Å². The van der Waals surface area contributed by atoms with Crippen LogP contribution in [0.15, 0.2) is 39.1 Å². The predicted molar refractivity (Wildman–Crippen MR) is 119 cm³/mol. The number of dihydropyridines is 1. The molecular formula is C23H26BrNO7. The molecular weight excluding hydrogens is 482 g/mol. The molecule has 0 bridgehead atoms. The van der Waals surface area contributed by atoms with Crippen LogP contribution in [0.2, 0.25) is 0 Å². The van der Waals surface area contributed by atoms with Gasteiger partial charge in [0.1, 0.15) is 5.92 Å². The first-order valence-corrected chi connectivity index (χ1v) is 11.0. The number of esters is 2. The third-order valence-corrected chi connectivity index (χ3v) is 6.45. The maximum absolute atomic E-state index is 13.6. The molecule has 0 spiro atoms. The van der Waals surface area contributed by atoms with Crippen LogP contribution < -0.4 is 10.1 Å². The summed E-state index contributed by atoms with van der Waals surface area (Å²) in [5.74, 6) is -3.58. The summed E-state index contributed by atoms with van der Waals surface area (Å²) in [7, 11) is 2.66. The number of hydrogen-bond donors (Lipinski definition) is 2. The average Bonchev–Trinajstić information content (AvgIpc) is 2.74. The molecule has 32 heavy (non-hydrogen) atoms. The quantitative estimate of drug-likeness (QED) is 0.461. The summed E-state index contributed by atoms with van der Waals surface area (Å²) in [6.07, 6.45) is 0.432. The molecule has 0 amide bonds. The molecule has 1 aromatic carbocycles. The van der Waals surface area contributed by atoms with Gasteiger partial charge in [-0.05, 0) is 59.8 Å². The van der Waals surface area contributed by atoms with Gasteiger partial charge in [0, 0.05) is 22.9 Å². The van der Waals surface area contributed by atoms with Crippen molar-refractivity contribution in [1.82, 2.24) is 5.32 Å². The number of nitrogens with one attached hydrogen (secondary N) is 1. The molecule has 8 nitrogen and oxygen atoms in total. The fourth-order valence-corrected chi connectivity index (χ4v) is 4.87. The van der Waals surface area contributed by atoms with Crippen LogP contribution in [-0.4, -0.2) is 43.7 Å². The molecule has 0 saturated heterocycles. The zero-order valence-corrected chi connectivity index (χ0v) is 20.2. The van der Waals surface area contributed by atoms with Crippen LogP contribution in [0, 0.1) is 11.8 Å². The van der Waals surface area contributed by atoms with Gasteiger partial charge in [0.05, 0.1) is 30.9 Å². The number of methoxy groups -OCH3 is 2. The molecule has 2 aliphatic rings. The highest BCUT2D eigenvalue weighted by Crippen LogP contribution is 2.48. The van der Waals surface area contributed by atoms with Crippen molar-refractivity contribution in [1.29, 1.82) is 0 Å². The zero-order valence-electron chi connectivity index (χ0n) is 18.6. The standard InChI is InChI=1S/C23H26BrNO7/c1-6-32-23(29)17-11(3)25-14-7-10(2)16(22(28)31-5)21(27)19(14)18(17)12-8-13(24)20(26)15(9-12)30-4/h8-10,16,18,25-26H,6-7H2,1-5H3/t10-,16+,18-/m0/s1. The molecule has 0 radical (unpaired) electrons. The van der Waals surface area contributed by atoms with Gasteiger partial charge in [0.25, 0.3) is 0 Å². The van der Waals surface area contributed by atoms with Crippen molar-refractivity contribution in [2.45, 2.75) is 33.1 Å². The smallest absolute Gasteiger partial charge is 0.336 e. The maximum atomic E-state index is 13.6. The minimum absolute atomic E-state index is 0.103. The Morgan fingerprint density at radius 1 is 1.28 bits per heavy atom. The van der Waals surface area contributed by atoms with Crippen LogP contribution in [0.1, 0.15) is 38.7 Å². The average molecular weight is 508 g/mol. The number of carbonyl (C=O) groups is 3. The summed E-state index contributed by atoms with van der Waals surface area (Å²) in [6, 6.07) is 3.20. The molecule has 1 aromatic rings. The van der Waals surface area contributed by atoms with Crippen LogP contribution in [0.5, 0.6) is 11.5 Å². The van der Waals surface area contributed by atoms with Gasteiger partial charge in [-0.1, -0.05) is 6.92 Å². The van der Waals surface area contributed by atoms with E-state index in [4.69, 9.17) is 14.2 Å². The Kier molecular flexibility index (Phi) is 6.97. The highest BCUT2D eigenvalue weighted by Gasteiger charge is 2.47. The van der Waals surface area contributed by atoms with Gasteiger partial charge in [0.15, 0.2) is 17.3 Å². The molecule has 0 fully saturated rings. The molecule has 0 unspecified atom stereocenters. The second kappa shape index (κ2) is 9.36. The number of ether oxygens (including phenoxy) is 3. The first-order chi connectivity index (χ1) is 15.2. The van der Waals surface area contributed by atoms with Crippen molar-refractivity contribution in [3.63, 3.8) is 0 Å². The van der Waals surface area contributed by atoms with Crippen LogP contribution in [0.4, 0.5) is 0 Å². The molecule has 1 heterocycles. The van der Waals surface area contributed by atoms with Crippen LogP contribution in [-0.2, 0) is 23.9 Å². The molecule has 9 heteroatoms. The lowest BCUT2D eigenvalue weighted by atomic mass is 9.69. The van der Waals surface area contributed by atoms with Gasteiger partial charge in [-0.25, -0.2) is 4.79 Å². The van der Waals surface area contributed by atoms with Crippen molar-refractivity contribution in [3.8, 4) is 11.5 Å². The third kappa shape index (κ3) is 4.01. The number of ketones is 1. The van der Waals surface area contributed by atoms with Gasteiger partial charge in [-0.15, -0.1) is 0 Å². The number of rotatable bonds is 5. The highest BCUT2D eigenvalue weighted by atomic mass is 79.9. The van der Waals surface area contributed by atoms with Crippen molar-refractivity contribution < 1.29 is 33.7 Å². The fourth-order valence-electron chi connectivity index (χ4n) is 4.41. The number of phenols is 1. The monoisotopic (exact) mass is 507 g/mol. The molecule has 2 N–H and O–H groups in total. The lowest BCUT2D eigenvalue weighted by Gasteiger charge is -2.38. The molecule has 1 aliphatic heterocycles. The number of halogens is 1. The van der Waals surface area contributed by atoms with Crippen molar-refractivity contribution in [2.75, 3.05) is 20.8 Å². The van der Waals surface area contributed by atoms with Crippen LogP contribution in [0.25, 0.3) is 0 Å². The van der Waals surface area contributed by atoms with E-state index in [9.17, 15) is 19.5 Å². The number of benzene rings is 1. The normalized spacial score (nSPS) is 22.8. The Hall–Kier alpha value is -2.81. The van der Waals surface area contributed by atoms with Crippen molar-refractivity contribution in [3.05, 3.63) is 44.7 Å². The van der Waals surface area contributed by atoms with E-state index >= 15 is 0 Å². The van der Waals surface area contributed by atoms with E-state index in [2.05, 4.69) is 21.2 Å². The zero-order chi connectivity index (χ0) is 23.7. The number of aromatic hydroxyl groups is 1. The number of phenolic OH excluding ortho intramolecular Hbond substituents is 1. The van der Waals surface area contributed by atoms with Gasteiger partial charge >= 0.3 is 11.9 Å². The summed E-state index contributed by atoms with van der Waals surface area (Å²) < 4.78 is 15.8. The summed E-state index contributed by atoms with van der Waals surface area (Å²) in [5.41, 5.74) is 2.33. The Morgan fingerprint density at radius 3 is 2.56 bits per heavy atom. The number of hydrogen-bond acceptors (Lipinski definition) is 8. The molecule has 3 atom stereocenters. The van der Waals surface area contributed by atoms with Crippen LogP contribution in [0.3, 0.4) is 0 Å². The first kappa shape index (κ1) is 23.8. The van der Waals surface area contributed by atoms with Gasteiger partial charge < -0.3 is 24.6 Å². The minimum atomic E-state index is -0.979. The van der Waals surface area contributed by atoms with E-state index in [-0.39, 0.29) is 29.6 Å². The minimum Gasteiger partial charge on any atom is -0.503 e. The Bertz CT molecular complexity index is 1040. The first-order valence-electron chi connectivity index (χ1n) is 10.2. The van der Waals surface area contributed by atoms with Crippen molar-refractivity contribution in [2.24, 2.45) is 11.8 Å². The third-order valence-electron chi connectivity index (χ3n) is 5.84. The van der Waals surface area contributed by atoms with E-state index in [1.54, 1.807) is 26.0 Å². The molecule has 1 aliphatic carbocycles. The molecule has 0 aromatic heterocycles. The second-order valence-electron chi connectivity index (χ2n) is 7.81.